The fraction of sp³-hybridized carbons (Fsp3) is 0.250. The molecule has 2 saturated heterocycles. The van der Waals surface area contributed by atoms with E-state index in [4.69, 9.17) is 4.74 Å². The number of methoxy groups -OCH3 is 1. The number of ether oxygens (including phenoxy) is 1. The number of hydrogen-bond acceptors (Lipinski definition) is 7. The van der Waals surface area contributed by atoms with Crippen molar-refractivity contribution in [2.24, 2.45) is 0 Å². The Morgan fingerprint density at radius 3 is 2.32 bits per heavy atom. The molecule has 1 amide bonds. The largest absolute Gasteiger partial charge is 0.507 e. The highest BCUT2D eigenvalue weighted by atomic mass is 32.2. The van der Waals surface area contributed by atoms with E-state index in [0.29, 0.717) is 24.4 Å². The number of likely N-dealkylation sites (tertiary alicyclic amines) is 1. The fourth-order valence-corrected chi connectivity index (χ4v) is 6.40. The number of benzene rings is 2. The van der Waals surface area contributed by atoms with Crippen LogP contribution in [0.2, 0.25) is 0 Å². The van der Waals surface area contributed by atoms with Crippen molar-refractivity contribution in [3.63, 3.8) is 0 Å². The summed E-state index contributed by atoms with van der Waals surface area (Å²) in [5.74, 6) is -1.33. The molecule has 2 aliphatic heterocycles. The number of aliphatic hydroxyl groups excluding tert-OH is 1. The first kappa shape index (κ1) is 25.6. The van der Waals surface area contributed by atoms with Crippen molar-refractivity contribution in [2.45, 2.75) is 30.3 Å². The van der Waals surface area contributed by atoms with E-state index in [9.17, 15) is 23.1 Å². The molecule has 38 heavy (non-hydrogen) atoms. The van der Waals surface area contributed by atoms with Crippen LogP contribution in [0.3, 0.4) is 0 Å². The van der Waals surface area contributed by atoms with E-state index in [1.54, 1.807) is 48.8 Å². The van der Waals surface area contributed by atoms with Gasteiger partial charge in [-0.25, -0.2) is 8.42 Å². The topological polar surface area (TPSA) is 117 Å². The minimum absolute atomic E-state index is 0.0702. The molecule has 1 N–H and O–H groups in total. The summed E-state index contributed by atoms with van der Waals surface area (Å²) in [5, 5.41) is 11.3. The van der Waals surface area contributed by atoms with Gasteiger partial charge in [0.1, 0.15) is 11.5 Å². The molecule has 1 atom stereocenters. The lowest BCUT2D eigenvalue weighted by atomic mass is 9.95. The van der Waals surface area contributed by atoms with Gasteiger partial charge >= 0.3 is 0 Å². The van der Waals surface area contributed by atoms with Gasteiger partial charge < -0.3 is 14.7 Å². The first-order valence-corrected chi connectivity index (χ1v) is 13.7. The summed E-state index contributed by atoms with van der Waals surface area (Å²) in [6, 6.07) is 15.3. The molecule has 10 heteroatoms. The number of aliphatic hydroxyl groups is 1. The average molecular weight is 534 g/mol. The van der Waals surface area contributed by atoms with Crippen LogP contribution in [0.4, 0.5) is 0 Å². The van der Waals surface area contributed by atoms with Gasteiger partial charge in [-0.1, -0.05) is 18.2 Å². The first-order chi connectivity index (χ1) is 18.3. The molecule has 0 bridgehead atoms. The van der Waals surface area contributed by atoms with Gasteiger partial charge in [-0.05, 0) is 66.4 Å². The van der Waals surface area contributed by atoms with E-state index in [2.05, 4.69) is 4.98 Å². The lowest BCUT2D eigenvalue weighted by molar-refractivity contribution is -0.140. The van der Waals surface area contributed by atoms with Gasteiger partial charge in [0.15, 0.2) is 0 Å². The molecule has 0 aliphatic carbocycles. The number of carbonyl (C=O) groups excluding carboxylic acids is 2. The van der Waals surface area contributed by atoms with Crippen LogP contribution in [0.25, 0.3) is 5.76 Å². The molecule has 3 heterocycles. The van der Waals surface area contributed by atoms with E-state index in [1.807, 2.05) is 0 Å². The maximum atomic E-state index is 13.3. The van der Waals surface area contributed by atoms with Crippen LogP contribution in [-0.2, 0) is 26.2 Å². The molecule has 2 aromatic carbocycles. The normalized spacial score (nSPS) is 19.7. The quantitative estimate of drug-likeness (QED) is 0.281. The summed E-state index contributed by atoms with van der Waals surface area (Å²) >= 11 is 0. The van der Waals surface area contributed by atoms with Crippen LogP contribution in [0.5, 0.6) is 5.75 Å². The maximum Gasteiger partial charge on any atom is 0.295 e. The third-order valence-electron chi connectivity index (χ3n) is 6.88. The number of nitrogens with zero attached hydrogens (tertiary/aromatic N) is 3. The van der Waals surface area contributed by atoms with E-state index < -0.39 is 27.8 Å². The molecule has 2 fully saturated rings. The Balaban J connectivity index is 1.56. The Hall–Kier alpha value is -4.02. The Morgan fingerprint density at radius 2 is 1.71 bits per heavy atom. The minimum Gasteiger partial charge on any atom is -0.507 e. The number of carbonyl (C=O) groups is 2. The fourth-order valence-electron chi connectivity index (χ4n) is 4.88. The molecule has 0 radical (unpaired) electrons. The van der Waals surface area contributed by atoms with Gasteiger partial charge in [-0.3, -0.25) is 14.6 Å². The van der Waals surface area contributed by atoms with E-state index in [-0.39, 0.29) is 28.3 Å². The van der Waals surface area contributed by atoms with E-state index in [1.165, 1.54) is 40.6 Å². The molecule has 9 nitrogen and oxygen atoms in total. The monoisotopic (exact) mass is 533 g/mol. The summed E-state index contributed by atoms with van der Waals surface area (Å²) in [6.07, 6.45) is 4.88. The van der Waals surface area contributed by atoms with Crippen LogP contribution in [-0.4, -0.2) is 59.6 Å². The Morgan fingerprint density at radius 1 is 1.03 bits per heavy atom. The highest BCUT2D eigenvalue weighted by Crippen LogP contribution is 2.40. The Labute approximate surface area is 221 Å². The zero-order chi connectivity index (χ0) is 26.9. The zero-order valence-corrected chi connectivity index (χ0v) is 21.6. The van der Waals surface area contributed by atoms with Gasteiger partial charge in [-0.2, -0.15) is 4.31 Å². The third kappa shape index (κ3) is 4.68. The molecule has 0 saturated carbocycles. The molecule has 0 spiro atoms. The van der Waals surface area contributed by atoms with Crippen molar-refractivity contribution < 1.29 is 27.9 Å². The molecule has 5 rings (SSSR count). The smallest absolute Gasteiger partial charge is 0.295 e. The molecule has 3 aromatic rings. The van der Waals surface area contributed by atoms with Crippen LogP contribution in [0.1, 0.15) is 35.6 Å². The number of aromatic nitrogens is 1. The maximum absolute atomic E-state index is 13.3. The van der Waals surface area contributed by atoms with Crippen LogP contribution >= 0.6 is 0 Å². The van der Waals surface area contributed by atoms with Crippen LogP contribution < -0.4 is 4.74 Å². The lowest BCUT2D eigenvalue weighted by Crippen LogP contribution is -2.29. The second-order valence-electron chi connectivity index (χ2n) is 9.20. The number of pyridine rings is 1. The van der Waals surface area contributed by atoms with Crippen LogP contribution in [0, 0.1) is 0 Å². The molecule has 196 valence electrons. The van der Waals surface area contributed by atoms with E-state index >= 15 is 0 Å². The zero-order valence-electron chi connectivity index (χ0n) is 20.8. The lowest BCUT2D eigenvalue weighted by Gasteiger charge is -2.25. The molecular formula is C28H27N3O6S. The summed E-state index contributed by atoms with van der Waals surface area (Å²) < 4.78 is 32.5. The second-order valence-corrected chi connectivity index (χ2v) is 11.1. The summed E-state index contributed by atoms with van der Waals surface area (Å²) in [5.41, 5.74) is 1.51. The predicted molar refractivity (Wildman–Crippen MR) is 140 cm³/mol. The SMILES string of the molecule is COc1ccc(C2C(=C(O)c3ccc(S(=O)(=O)N4CCCC4)cc3)C(=O)C(=O)N2Cc2cccnc2)cc1. The second kappa shape index (κ2) is 10.4. The number of rotatable bonds is 7. The standard InChI is InChI=1S/C28H27N3O6S/c1-37-22-10-6-20(7-11-22)25-24(27(33)28(34)31(25)18-19-5-4-14-29-17-19)26(32)21-8-12-23(13-9-21)38(35,36)30-15-2-3-16-30/h4-14,17,25,32H,2-3,15-16,18H2,1H3. The molecule has 1 unspecified atom stereocenters. The third-order valence-corrected chi connectivity index (χ3v) is 8.79. The van der Waals surface area contributed by atoms with Gasteiger partial charge in [0, 0.05) is 37.6 Å². The molecule has 1 aromatic heterocycles. The number of sulfonamides is 1. The van der Waals surface area contributed by atoms with Gasteiger partial charge in [-0.15, -0.1) is 0 Å². The average Bonchev–Trinajstić information content (AvgIpc) is 3.58. The van der Waals surface area contributed by atoms with Crippen LogP contribution in [0.15, 0.2) is 83.5 Å². The van der Waals surface area contributed by atoms with Crippen molar-refractivity contribution in [3.05, 3.63) is 95.3 Å². The van der Waals surface area contributed by atoms with E-state index in [0.717, 1.165) is 18.4 Å². The number of Topliss-reactive ketones (excluding diaryl/α,β-unsaturated/α-hetero) is 1. The minimum atomic E-state index is -3.63. The highest BCUT2D eigenvalue weighted by Gasteiger charge is 2.46. The predicted octanol–water partition coefficient (Wildman–Crippen LogP) is 3.50. The Bertz CT molecular complexity index is 1480. The van der Waals surface area contributed by atoms with Crippen molar-refractivity contribution in [1.82, 2.24) is 14.2 Å². The van der Waals surface area contributed by atoms with Gasteiger partial charge in [0.2, 0.25) is 10.0 Å². The summed E-state index contributed by atoms with van der Waals surface area (Å²) in [4.78, 5) is 32.1. The summed E-state index contributed by atoms with van der Waals surface area (Å²) in [7, 11) is -2.10. The molecule has 2 aliphatic rings. The van der Waals surface area contributed by atoms with Crippen molar-refractivity contribution in [2.75, 3.05) is 20.2 Å². The molecular weight excluding hydrogens is 506 g/mol. The highest BCUT2D eigenvalue weighted by molar-refractivity contribution is 7.89. The van der Waals surface area contributed by atoms with Gasteiger partial charge in [0.05, 0.1) is 23.6 Å². The first-order valence-electron chi connectivity index (χ1n) is 12.2. The summed E-state index contributed by atoms with van der Waals surface area (Å²) in [6.45, 7) is 1.07. The Kier molecular flexibility index (Phi) is 7.00. The number of ketones is 1. The van der Waals surface area contributed by atoms with Crippen molar-refractivity contribution in [3.8, 4) is 5.75 Å². The van der Waals surface area contributed by atoms with Crippen molar-refractivity contribution in [1.29, 1.82) is 0 Å². The van der Waals surface area contributed by atoms with Crippen molar-refractivity contribution >= 4 is 27.5 Å². The number of hydrogen-bond donors (Lipinski definition) is 1. The van der Waals surface area contributed by atoms with Gasteiger partial charge in [0.25, 0.3) is 11.7 Å². The number of amides is 1.